The second-order valence-electron chi connectivity index (χ2n) is 6.21. The first kappa shape index (κ1) is 20.8. The zero-order valence-electron chi connectivity index (χ0n) is 15.5. The number of hydrogen-bond acceptors (Lipinski definition) is 10. The lowest BCUT2D eigenvalue weighted by Crippen LogP contribution is -2.70. The van der Waals surface area contributed by atoms with E-state index in [1.165, 1.54) is 25.8 Å². The highest BCUT2D eigenvalue weighted by atomic mass is 32.2. The average Bonchev–Trinajstić information content (AvgIpc) is 3.10. The molecule has 0 bridgehead atoms. The number of carboxylic acid groups (broad SMARTS) is 1. The Bertz CT molecular complexity index is 882. The summed E-state index contributed by atoms with van der Waals surface area (Å²) in [7, 11) is 1.47. The number of esters is 1. The summed E-state index contributed by atoms with van der Waals surface area (Å²) in [6.45, 7) is 1.14. The number of amides is 2. The van der Waals surface area contributed by atoms with Crippen LogP contribution in [0.1, 0.15) is 18.6 Å². The summed E-state index contributed by atoms with van der Waals surface area (Å²) in [5.41, 5.74) is 0.107. The van der Waals surface area contributed by atoms with Crippen molar-refractivity contribution in [3.63, 3.8) is 0 Å². The summed E-state index contributed by atoms with van der Waals surface area (Å²) in [5.74, 6) is -2.30. The second kappa shape index (κ2) is 8.61. The van der Waals surface area contributed by atoms with Gasteiger partial charge in [-0.05, 0) is 0 Å². The molecule has 1 fully saturated rings. The van der Waals surface area contributed by atoms with Crippen LogP contribution in [0.5, 0.6) is 0 Å². The summed E-state index contributed by atoms with van der Waals surface area (Å²) < 4.78 is 14.7. The first-order valence-electron chi connectivity index (χ1n) is 8.45. The molecule has 0 radical (unpaired) electrons. The SMILES string of the molecule is COCc1noc(CC(=O)NC2C(=O)N3C(C(=O)O)=C(COC(C)=O)CS[C@@H]23)n1. The van der Waals surface area contributed by atoms with Crippen LogP contribution in [0.25, 0.3) is 0 Å². The Morgan fingerprint density at radius 2 is 2.14 bits per heavy atom. The van der Waals surface area contributed by atoms with E-state index in [9.17, 15) is 24.3 Å². The van der Waals surface area contributed by atoms with Crippen LogP contribution in [-0.4, -0.2) is 74.8 Å². The van der Waals surface area contributed by atoms with Crippen molar-refractivity contribution in [3.8, 4) is 0 Å². The number of nitrogens with one attached hydrogen (secondary N) is 1. The number of carboxylic acids is 1. The number of methoxy groups -OCH3 is 1. The van der Waals surface area contributed by atoms with Gasteiger partial charge >= 0.3 is 11.9 Å². The van der Waals surface area contributed by atoms with E-state index in [1.54, 1.807) is 0 Å². The molecule has 2 N–H and O–H groups in total. The molecular weight excluding hydrogens is 408 g/mol. The van der Waals surface area contributed by atoms with E-state index < -0.39 is 35.2 Å². The molecule has 2 amide bonds. The van der Waals surface area contributed by atoms with Crippen molar-refractivity contribution >= 4 is 35.5 Å². The zero-order valence-corrected chi connectivity index (χ0v) is 16.4. The van der Waals surface area contributed by atoms with Gasteiger partial charge in [-0.3, -0.25) is 19.3 Å². The standard InChI is InChI=1S/C16H18N4O8S/c1-7(21)27-4-8-6-29-15-12(14(23)20(15)13(8)16(24)25)18-10(22)3-11-17-9(5-26-2)19-28-11/h12,15H,3-6H2,1-2H3,(H,18,22)(H,24,25)/t12?,15-/m0/s1. The van der Waals surface area contributed by atoms with Crippen LogP contribution in [0.2, 0.25) is 0 Å². The molecule has 156 valence electrons. The monoisotopic (exact) mass is 426 g/mol. The number of aromatic nitrogens is 2. The number of rotatable bonds is 8. The number of carbonyl (C=O) groups is 4. The van der Waals surface area contributed by atoms with Gasteiger partial charge in [0.1, 0.15) is 36.7 Å². The molecule has 3 rings (SSSR count). The number of fused-ring (bicyclic) bond motifs is 1. The summed E-state index contributed by atoms with van der Waals surface area (Å²) in [5, 5.41) is 15.1. The molecule has 0 saturated carbocycles. The van der Waals surface area contributed by atoms with Gasteiger partial charge in [-0.1, -0.05) is 5.16 Å². The Kier molecular flexibility index (Phi) is 6.17. The third-order valence-corrected chi connectivity index (χ3v) is 5.45. The predicted molar refractivity (Wildman–Crippen MR) is 95.0 cm³/mol. The van der Waals surface area contributed by atoms with Gasteiger partial charge in [0.15, 0.2) is 5.82 Å². The van der Waals surface area contributed by atoms with Crippen LogP contribution in [0.3, 0.4) is 0 Å². The molecule has 0 aliphatic carbocycles. The average molecular weight is 426 g/mol. The van der Waals surface area contributed by atoms with Gasteiger partial charge in [0.05, 0.1) is 0 Å². The summed E-state index contributed by atoms with van der Waals surface area (Å²) in [6.07, 6.45) is -0.225. The Labute approximate surface area is 168 Å². The molecule has 0 spiro atoms. The largest absolute Gasteiger partial charge is 0.477 e. The fraction of sp³-hybridized carbons (Fsp3) is 0.500. The Hall–Kier alpha value is -2.93. The molecule has 1 unspecified atom stereocenters. The molecule has 2 aliphatic rings. The Morgan fingerprint density at radius 1 is 1.38 bits per heavy atom. The fourth-order valence-electron chi connectivity index (χ4n) is 2.89. The van der Waals surface area contributed by atoms with Crippen molar-refractivity contribution in [3.05, 3.63) is 23.0 Å². The third-order valence-electron chi connectivity index (χ3n) is 4.11. The number of carbonyl (C=O) groups excluding carboxylic acids is 3. The van der Waals surface area contributed by atoms with Crippen LogP contribution >= 0.6 is 11.8 Å². The highest BCUT2D eigenvalue weighted by Crippen LogP contribution is 2.40. The van der Waals surface area contributed by atoms with Crippen LogP contribution in [-0.2, 0) is 41.7 Å². The van der Waals surface area contributed by atoms with Crippen LogP contribution < -0.4 is 5.32 Å². The van der Waals surface area contributed by atoms with Gasteiger partial charge in [-0.2, -0.15) is 4.98 Å². The van der Waals surface area contributed by atoms with E-state index in [1.807, 2.05) is 0 Å². The fourth-order valence-corrected chi connectivity index (χ4v) is 4.22. The number of nitrogens with zero attached hydrogens (tertiary/aromatic N) is 3. The van der Waals surface area contributed by atoms with Crippen molar-refractivity contribution in [2.45, 2.75) is 31.4 Å². The summed E-state index contributed by atoms with van der Waals surface area (Å²) >= 11 is 1.27. The highest BCUT2D eigenvalue weighted by molar-refractivity contribution is 8.00. The first-order valence-corrected chi connectivity index (χ1v) is 9.49. The number of ether oxygens (including phenoxy) is 2. The number of hydrogen-bond donors (Lipinski definition) is 2. The van der Waals surface area contributed by atoms with E-state index >= 15 is 0 Å². The van der Waals surface area contributed by atoms with Gasteiger partial charge in [-0.15, -0.1) is 11.8 Å². The van der Waals surface area contributed by atoms with Gasteiger partial charge in [0.2, 0.25) is 11.8 Å². The molecule has 12 nitrogen and oxygen atoms in total. The minimum Gasteiger partial charge on any atom is -0.477 e. The molecule has 2 aliphatic heterocycles. The molecule has 1 aromatic rings. The van der Waals surface area contributed by atoms with E-state index in [0.717, 1.165) is 4.90 Å². The van der Waals surface area contributed by atoms with Crippen molar-refractivity contribution in [1.29, 1.82) is 0 Å². The van der Waals surface area contributed by atoms with E-state index in [0.29, 0.717) is 11.4 Å². The molecular formula is C16H18N4O8S. The Balaban J connectivity index is 1.64. The van der Waals surface area contributed by atoms with E-state index in [-0.39, 0.29) is 37.0 Å². The quantitative estimate of drug-likeness (QED) is 0.390. The second-order valence-corrected chi connectivity index (χ2v) is 7.31. The van der Waals surface area contributed by atoms with E-state index in [4.69, 9.17) is 14.0 Å². The minimum atomic E-state index is -1.30. The lowest BCUT2D eigenvalue weighted by atomic mass is 10.0. The molecule has 3 heterocycles. The van der Waals surface area contributed by atoms with Gasteiger partial charge < -0.3 is 24.4 Å². The number of thioether (sulfide) groups is 1. The smallest absolute Gasteiger partial charge is 0.352 e. The zero-order chi connectivity index (χ0) is 21.1. The minimum absolute atomic E-state index is 0.0734. The van der Waals surface area contributed by atoms with Gasteiger partial charge in [0, 0.05) is 25.4 Å². The van der Waals surface area contributed by atoms with Gasteiger partial charge in [0.25, 0.3) is 5.91 Å². The Morgan fingerprint density at radius 3 is 2.79 bits per heavy atom. The summed E-state index contributed by atoms with van der Waals surface area (Å²) in [6, 6.07) is -0.876. The molecule has 1 aromatic heterocycles. The summed E-state index contributed by atoms with van der Waals surface area (Å²) in [4.78, 5) is 52.4. The number of aliphatic carboxylic acids is 1. The molecule has 2 atom stereocenters. The third kappa shape index (κ3) is 4.40. The maximum Gasteiger partial charge on any atom is 0.352 e. The maximum atomic E-state index is 12.5. The van der Waals surface area contributed by atoms with Crippen molar-refractivity contribution < 1.29 is 38.3 Å². The first-order chi connectivity index (χ1) is 13.8. The van der Waals surface area contributed by atoms with E-state index in [2.05, 4.69) is 15.5 Å². The van der Waals surface area contributed by atoms with Crippen LogP contribution in [0.4, 0.5) is 0 Å². The van der Waals surface area contributed by atoms with Crippen molar-refractivity contribution in [2.24, 2.45) is 0 Å². The highest BCUT2D eigenvalue weighted by Gasteiger charge is 2.54. The lowest BCUT2D eigenvalue weighted by Gasteiger charge is -2.49. The molecule has 29 heavy (non-hydrogen) atoms. The molecule has 13 heteroatoms. The molecule has 1 saturated heterocycles. The topological polar surface area (TPSA) is 161 Å². The predicted octanol–water partition coefficient (Wildman–Crippen LogP) is -0.940. The van der Waals surface area contributed by atoms with Crippen molar-refractivity contribution in [1.82, 2.24) is 20.4 Å². The normalized spacial score (nSPS) is 20.8. The van der Waals surface area contributed by atoms with Crippen LogP contribution in [0, 0.1) is 0 Å². The van der Waals surface area contributed by atoms with Gasteiger partial charge in [-0.25, -0.2) is 4.79 Å². The van der Waals surface area contributed by atoms with Crippen molar-refractivity contribution in [2.75, 3.05) is 19.5 Å². The lowest BCUT2D eigenvalue weighted by molar-refractivity contribution is -0.151. The number of β-lactam (4-membered cyclic amide) rings is 1. The van der Waals surface area contributed by atoms with Crippen LogP contribution in [0.15, 0.2) is 15.8 Å². The molecule has 0 aromatic carbocycles. The maximum absolute atomic E-state index is 12.5.